The van der Waals surface area contributed by atoms with Crippen LogP contribution in [0.4, 0.5) is 0 Å². The van der Waals surface area contributed by atoms with Gasteiger partial charge in [0, 0.05) is 5.92 Å². The molecule has 56 valence electrons. The van der Waals surface area contributed by atoms with Crippen LogP contribution in [0.5, 0.6) is 0 Å². The summed E-state index contributed by atoms with van der Waals surface area (Å²) in [5.41, 5.74) is 0.0181. The lowest BCUT2D eigenvalue weighted by Crippen LogP contribution is -2.02. The van der Waals surface area contributed by atoms with Gasteiger partial charge in [-0.3, -0.25) is 0 Å². The summed E-state index contributed by atoms with van der Waals surface area (Å²) in [6.07, 6.45) is 2.17. The topological polar surface area (TPSA) is 20.2 Å². The summed E-state index contributed by atoms with van der Waals surface area (Å²) in [5, 5.41) is 8.87. The fourth-order valence-corrected chi connectivity index (χ4v) is 0.771. The Bertz CT molecular complexity index is 167. The van der Waals surface area contributed by atoms with E-state index in [9.17, 15) is 0 Å². The van der Waals surface area contributed by atoms with Crippen LogP contribution in [0, 0.1) is 23.2 Å². The van der Waals surface area contributed by atoms with Gasteiger partial charge in [0.15, 0.2) is 0 Å². The van der Waals surface area contributed by atoms with E-state index >= 15 is 0 Å². The van der Waals surface area contributed by atoms with Crippen LogP contribution in [0.2, 0.25) is 0 Å². The van der Waals surface area contributed by atoms with Crippen LogP contribution < -0.4 is 0 Å². The van der Waals surface area contributed by atoms with Gasteiger partial charge in [-0.2, -0.15) is 0 Å². The monoisotopic (exact) mass is 138 g/mol. The van der Waals surface area contributed by atoms with Crippen molar-refractivity contribution in [2.75, 3.05) is 6.61 Å². The van der Waals surface area contributed by atoms with Crippen molar-refractivity contribution in [3.8, 4) is 11.8 Å². The van der Waals surface area contributed by atoms with Crippen molar-refractivity contribution in [2.45, 2.75) is 26.7 Å². The summed E-state index contributed by atoms with van der Waals surface area (Å²) in [5.74, 6) is 6.64. The first-order chi connectivity index (χ1) is 4.68. The van der Waals surface area contributed by atoms with Gasteiger partial charge in [0.1, 0.15) is 0 Å². The third-order valence-electron chi connectivity index (χ3n) is 1.78. The van der Waals surface area contributed by atoms with Gasteiger partial charge in [-0.25, -0.2) is 0 Å². The molecule has 0 aliphatic heterocycles. The highest BCUT2D eigenvalue weighted by atomic mass is 16.3. The van der Waals surface area contributed by atoms with Crippen molar-refractivity contribution in [1.82, 2.24) is 0 Å². The molecule has 0 bridgehead atoms. The molecule has 1 heteroatoms. The largest absolute Gasteiger partial charge is 0.395 e. The third-order valence-corrected chi connectivity index (χ3v) is 1.78. The fourth-order valence-electron chi connectivity index (χ4n) is 0.771. The first-order valence-electron chi connectivity index (χ1n) is 3.82. The van der Waals surface area contributed by atoms with Crippen LogP contribution in [0.15, 0.2) is 0 Å². The van der Waals surface area contributed by atoms with Crippen molar-refractivity contribution in [2.24, 2.45) is 11.3 Å². The predicted octanol–water partition coefficient (Wildman–Crippen LogP) is 1.42. The molecule has 1 nitrogen and oxygen atoms in total. The van der Waals surface area contributed by atoms with Crippen LogP contribution in [-0.4, -0.2) is 11.7 Å². The van der Waals surface area contributed by atoms with Gasteiger partial charge >= 0.3 is 0 Å². The summed E-state index contributed by atoms with van der Waals surface area (Å²) < 4.78 is 0. The summed E-state index contributed by atoms with van der Waals surface area (Å²) in [6, 6.07) is 0. The zero-order chi connectivity index (χ0) is 7.61. The molecule has 1 aliphatic rings. The van der Waals surface area contributed by atoms with Gasteiger partial charge in [-0.05, 0) is 12.8 Å². The number of hydrogen-bond acceptors (Lipinski definition) is 1. The summed E-state index contributed by atoms with van der Waals surface area (Å²) >= 11 is 0. The maximum atomic E-state index is 8.87. The minimum Gasteiger partial charge on any atom is -0.395 e. The normalized spacial score (nSPS) is 20.0. The molecule has 0 spiro atoms. The van der Waals surface area contributed by atoms with E-state index in [2.05, 4.69) is 25.7 Å². The Morgan fingerprint density at radius 1 is 1.50 bits per heavy atom. The van der Waals surface area contributed by atoms with Crippen molar-refractivity contribution in [1.29, 1.82) is 0 Å². The van der Waals surface area contributed by atoms with Gasteiger partial charge in [0.05, 0.1) is 12.0 Å². The molecule has 1 N–H and O–H groups in total. The first kappa shape index (κ1) is 7.63. The predicted molar refractivity (Wildman–Crippen MR) is 41.4 cm³/mol. The molecule has 0 saturated heterocycles. The lowest BCUT2D eigenvalue weighted by atomic mass is 10.1. The Balaban J connectivity index is 2.46. The minimum absolute atomic E-state index is 0.0181. The van der Waals surface area contributed by atoms with Crippen LogP contribution in [0.1, 0.15) is 26.7 Å². The molecule has 0 heterocycles. The van der Waals surface area contributed by atoms with Crippen LogP contribution in [0.3, 0.4) is 0 Å². The van der Waals surface area contributed by atoms with Crippen LogP contribution in [0.25, 0.3) is 0 Å². The molecular weight excluding hydrogens is 124 g/mol. The molecule has 1 fully saturated rings. The molecule has 0 unspecified atom stereocenters. The van der Waals surface area contributed by atoms with Crippen LogP contribution in [-0.2, 0) is 0 Å². The maximum Gasteiger partial charge on any atom is 0.0597 e. The quantitative estimate of drug-likeness (QED) is 0.543. The highest BCUT2D eigenvalue weighted by Crippen LogP contribution is 2.44. The van der Waals surface area contributed by atoms with E-state index in [1.165, 1.54) is 0 Å². The Morgan fingerprint density at radius 3 is 2.40 bits per heavy atom. The highest BCUT2D eigenvalue weighted by molar-refractivity contribution is 5.20. The van der Waals surface area contributed by atoms with Crippen molar-refractivity contribution in [3.63, 3.8) is 0 Å². The molecule has 0 aromatic rings. The average Bonchev–Trinajstić information content (AvgIpc) is 2.64. The van der Waals surface area contributed by atoms with Crippen molar-refractivity contribution >= 4 is 0 Å². The van der Waals surface area contributed by atoms with Gasteiger partial charge in [-0.15, -0.1) is 0 Å². The molecular formula is C9H14O. The lowest BCUT2D eigenvalue weighted by molar-refractivity contribution is 0.247. The molecule has 0 radical (unpaired) electrons. The van der Waals surface area contributed by atoms with E-state index in [-0.39, 0.29) is 12.0 Å². The molecule has 0 amide bonds. The Kier molecular flexibility index (Phi) is 2.01. The Hall–Kier alpha value is -0.480. The summed E-state index contributed by atoms with van der Waals surface area (Å²) in [7, 11) is 0. The fraction of sp³-hybridized carbons (Fsp3) is 0.778. The lowest BCUT2D eigenvalue weighted by Gasteiger charge is -1.99. The van der Waals surface area contributed by atoms with E-state index in [4.69, 9.17) is 5.11 Å². The maximum absolute atomic E-state index is 8.87. The highest BCUT2D eigenvalue weighted by Gasteiger charge is 2.40. The molecule has 1 aliphatic carbocycles. The van der Waals surface area contributed by atoms with Crippen molar-refractivity contribution in [3.05, 3.63) is 0 Å². The van der Waals surface area contributed by atoms with Gasteiger partial charge in [0.2, 0.25) is 0 Å². The van der Waals surface area contributed by atoms with Gasteiger partial charge in [-0.1, -0.05) is 25.7 Å². The number of rotatable bonds is 1. The Labute approximate surface area is 62.4 Å². The van der Waals surface area contributed by atoms with E-state index in [0.29, 0.717) is 5.92 Å². The molecule has 10 heavy (non-hydrogen) atoms. The van der Waals surface area contributed by atoms with E-state index in [0.717, 1.165) is 12.8 Å². The van der Waals surface area contributed by atoms with Gasteiger partial charge < -0.3 is 5.11 Å². The number of aliphatic hydroxyl groups excluding tert-OH is 1. The van der Waals surface area contributed by atoms with E-state index in [1.807, 2.05) is 0 Å². The number of hydrogen-bond donors (Lipinski definition) is 1. The number of aliphatic hydroxyl groups is 1. The zero-order valence-corrected chi connectivity index (χ0v) is 6.65. The van der Waals surface area contributed by atoms with Crippen LogP contribution >= 0.6 is 0 Å². The molecule has 1 saturated carbocycles. The van der Waals surface area contributed by atoms with Crippen molar-refractivity contribution < 1.29 is 5.11 Å². The van der Waals surface area contributed by atoms with E-state index in [1.54, 1.807) is 0 Å². The second kappa shape index (κ2) is 2.64. The molecule has 0 atom stereocenters. The van der Waals surface area contributed by atoms with Gasteiger partial charge in [0.25, 0.3) is 0 Å². The SMILES string of the molecule is CC(C)C#CC1(CO)CC1. The Morgan fingerprint density at radius 2 is 2.10 bits per heavy atom. The summed E-state index contributed by atoms with van der Waals surface area (Å²) in [6.45, 7) is 4.38. The second-order valence-corrected chi connectivity index (χ2v) is 3.36. The third kappa shape index (κ3) is 1.75. The minimum atomic E-state index is 0.0181. The van der Waals surface area contributed by atoms with E-state index < -0.39 is 0 Å². The average molecular weight is 138 g/mol. The zero-order valence-electron chi connectivity index (χ0n) is 6.65. The first-order valence-corrected chi connectivity index (χ1v) is 3.82. The smallest absolute Gasteiger partial charge is 0.0597 e. The summed E-state index contributed by atoms with van der Waals surface area (Å²) in [4.78, 5) is 0. The standard InChI is InChI=1S/C9H14O/c1-8(2)3-4-9(7-10)5-6-9/h8,10H,5-7H2,1-2H3. The molecule has 0 aromatic heterocycles. The molecule has 1 rings (SSSR count). The molecule has 0 aromatic carbocycles. The second-order valence-electron chi connectivity index (χ2n) is 3.36.